The molecule has 0 amide bonds. The highest BCUT2D eigenvalue weighted by molar-refractivity contribution is 5.25. The summed E-state index contributed by atoms with van der Waals surface area (Å²) in [5.41, 5.74) is 2.44. The van der Waals surface area contributed by atoms with Crippen LogP contribution in [-0.4, -0.2) is 55.0 Å². The minimum absolute atomic E-state index is 0.180. The molecule has 1 aromatic carbocycles. The van der Waals surface area contributed by atoms with Crippen LogP contribution >= 0.6 is 0 Å². The van der Waals surface area contributed by atoms with Crippen molar-refractivity contribution < 1.29 is 24.4 Å². The molecule has 5 nitrogen and oxygen atoms in total. The van der Waals surface area contributed by atoms with Crippen LogP contribution in [0.1, 0.15) is 29.9 Å². The Kier molecular flexibility index (Phi) is 5.44. The van der Waals surface area contributed by atoms with Crippen molar-refractivity contribution in [1.29, 1.82) is 0 Å². The van der Waals surface area contributed by atoms with Crippen molar-refractivity contribution in [1.82, 2.24) is 0 Å². The lowest BCUT2D eigenvalue weighted by Crippen LogP contribution is -2.33. The molecule has 0 saturated carbocycles. The maximum atomic E-state index is 9.92. The minimum atomic E-state index is -0.758. The van der Waals surface area contributed by atoms with Crippen LogP contribution in [0.4, 0.5) is 0 Å². The SMILES string of the molecule is OC[C@H]1OC[C@H](OCc2ccc(C3CCOCC3)cc2)[C@@H]1O. The van der Waals surface area contributed by atoms with Gasteiger partial charge >= 0.3 is 0 Å². The number of aliphatic hydroxyl groups is 2. The van der Waals surface area contributed by atoms with E-state index in [1.807, 2.05) is 0 Å². The topological polar surface area (TPSA) is 68.2 Å². The van der Waals surface area contributed by atoms with Crippen molar-refractivity contribution >= 4 is 0 Å². The highest BCUT2D eigenvalue weighted by atomic mass is 16.6. The van der Waals surface area contributed by atoms with E-state index >= 15 is 0 Å². The number of rotatable bonds is 5. The predicted octanol–water partition coefficient (Wildman–Crippen LogP) is 1.22. The molecule has 1 aromatic rings. The first-order chi connectivity index (χ1) is 10.8. The van der Waals surface area contributed by atoms with E-state index in [2.05, 4.69) is 24.3 Å². The average molecular weight is 308 g/mol. The molecule has 2 fully saturated rings. The molecule has 0 bridgehead atoms. The molecule has 0 aromatic heterocycles. The summed E-state index contributed by atoms with van der Waals surface area (Å²) < 4.78 is 16.4. The van der Waals surface area contributed by atoms with Gasteiger partial charge in [0.25, 0.3) is 0 Å². The van der Waals surface area contributed by atoms with Gasteiger partial charge in [-0.25, -0.2) is 0 Å². The molecule has 2 heterocycles. The molecule has 0 spiro atoms. The predicted molar refractivity (Wildman–Crippen MR) is 80.6 cm³/mol. The summed E-state index contributed by atoms with van der Waals surface area (Å²) >= 11 is 0. The van der Waals surface area contributed by atoms with Crippen molar-refractivity contribution in [3.8, 4) is 0 Å². The molecular formula is C17H24O5. The highest BCUT2D eigenvalue weighted by Gasteiger charge is 2.36. The second kappa shape index (κ2) is 7.53. The van der Waals surface area contributed by atoms with Crippen molar-refractivity contribution in [3.05, 3.63) is 35.4 Å². The second-order valence-corrected chi connectivity index (χ2v) is 6.02. The molecule has 2 aliphatic rings. The smallest absolute Gasteiger partial charge is 0.111 e. The fourth-order valence-electron chi connectivity index (χ4n) is 3.08. The molecule has 3 atom stereocenters. The lowest BCUT2D eigenvalue weighted by molar-refractivity contribution is -0.0340. The molecule has 2 saturated heterocycles. The molecule has 2 N–H and O–H groups in total. The fourth-order valence-corrected chi connectivity index (χ4v) is 3.08. The Bertz CT molecular complexity index is 455. The summed E-state index contributed by atoms with van der Waals surface area (Å²) in [4.78, 5) is 0. The zero-order valence-corrected chi connectivity index (χ0v) is 12.7. The van der Waals surface area contributed by atoms with Crippen LogP contribution in [0.15, 0.2) is 24.3 Å². The van der Waals surface area contributed by atoms with Gasteiger partial charge in [-0.15, -0.1) is 0 Å². The molecule has 22 heavy (non-hydrogen) atoms. The fraction of sp³-hybridized carbons (Fsp3) is 0.647. The van der Waals surface area contributed by atoms with Gasteiger partial charge in [-0.3, -0.25) is 0 Å². The zero-order chi connectivity index (χ0) is 15.4. The zero-order valence-electron chi connectivity index (χ0n) is 12.7. The van der Waals surface area contributed by atoms with Crippen molar-refractivity contribution in [2.24, 2.45) is 0 Å². The molecule has 0 unspecified atom stereocenters. The van der Waals surface area contributed by atoms with Crippen LogP contribution in [0.25, 0.3) is 0 Å². The van der Waals surface area contributed by atoms with Gasteiger partial charge in [-0.2, -0.15) is 0 Å². The standard InChI is InChI=1S/C17H24O5/c18-9-15-17(19)16(11-22-15)21-10-12-1-3-13(4-2-12)14-5-7-20-8-6-14/h1-4,14-19H,5-11H2/t15-,16+,17-/m1/s1. The first-order valence-corrected chi connectivity index (χ1v) is 7.96. The number of hydrogen-bond donors (Lipinski definition) is 2. The third kappa shape index (κ3) is 3.67. The summed E-state index contributed by atoms with van der Waals surface area (Å²) in [6.45, 7) is 2.28. The van der Waals surface area contributed by atoms with Crippen LogP contribution in [0.3, 0.4) is 0 Å². The second-order valence-electron chi connectivity index (χ2n) is 6.02. The monoisotopic (exact) mass is 308 g/mol. The van der Waals surface area contributed by atoms with Crippen LogP contribution in [0.2, 0.25) is 0 Å². The van der Waals surface area contributed by atoms with E-state index in [1.54, 1.807) is 0 Å². The third-order valence-corrected chi connectivity index (χ3v) is 4.55. The third-order valence-electron chi connectivity index (χ3n) is 4.55. The maximum Gasteiger partial charge on any atom is 0.111 e. The normalized spacial score (nSPS) is 29.8. The molecule has 2 aliphatic heterocycles. The van der Waals surface area contributed by atoms with Gasteiger partial charge in [0.05, 0.1) is 19.8 Å². The van der Waals surface area contributed by atoms with Crippen LogP contribution in [0, 0.1) is 0 Å². The molecule has 3 rings (SSSR count). The van der Waals surface area contributed by atoms with E-state index in [9.17, 15) is 5.11 Å². The van der Waals surface area contributed by atoms with E-state index in [-0.39, 0.29) is 12.7 Å². The lowest BCUT2D eigenvalue weighted by atomic mass is 9.91. The summed E-state index contributed by atoms with van der Waals surface area (Å²) in [5, 5.41) is 19.0. The number of hydrogen-bond acceptors (Lipinski definition) is 5. The van der Waals surface area contributed by atoms with E-state index < -0.39 is 12.2 Å². The largest absolute Gasteiger partial charge is 0.394 e. The lowest BCUT2D eigenvalue weighted by Gasteiger charge is -2.22. The first kappa shape index (κ1) is 15.9. The van der Waals surface area contributed by atoms with E-state index in [1.165, 1.54) is 5.56 Å². The minimum Gasteiger partial charge on any atom is -0.394 e. The van der Waals surface area contributed by atoms with Gasteiger partial charge < -0.3 is 24.4 Å². The first-order valence-electron chi connectivity index (χ1n) is 7.96. The van der Waals surface area contributed by atoms with Crippen LogP contribution in [-0.2, 0) is 20.8 Å². The Morgan fingerprint density at radius 3 is 2.50 bits per heavy atom. The highest BCUT2D eigenvalue weighted by Crippen LogP contribution is 2.27. The van der Waals surface area contributed by atoms with Crippen molar-refractivity contribution in [3.63, 3.8) is 0 Å². The van der Waals surface area contributed by atoms with E-state index in [0.717, 1.165) is 31.6 Å². The number of ether oxygens (including phenoxy) is 3. The number of aliphatic hydroxyl groups excluding tert-OH is 2. The van der Waals surface area contributed by atoms with Gasteiger partial charge in [0.15, 0.2) is 0 Å². The summed E-state index contributed by atoms with van der Waals surface area (Å²) in [6.07, 6.45) is 0.522. The van der Waals surface area contributed by atoms with E-state index in [0.29, 0.717) is 19.1 Å². The van der Waals surface area contributed by atoms with Gasteiger partial charge in [-0.1, -0.05) is 24.3 Å². The number of benzene rings is 1. The summed E-state index contributed by atoms with van der Waals surface area (Å²) in [5.74, 6) is 0.596. The van der Waals surface area contributed by atoms with Crippen molar-refractivity contribution in [2.75, 3.05) is 26.4 Å². The quantitative estimate of drug-likeness (QED) is 0.856. The molecule has 122 valence electrons. The molecule has 5 heteroatoms. The molecule has 0 radical (unpaired) electrons. The Hall–Kier alpha value is -0.980. The van der Waals surface area contributed by atoms with Gasteiger partial charge in [0.2, 0.25) is 0 Å². The Morgan fingerprint density at radius 2 is 1.86 bits per heavy atom. The maximum absolute atomic E-state index is 9.92. The van der Waals surface area contributed by atoms with Gasteiger partial charge in [0.1, 0.15) is 18.3 Å². The summed E-state index contributed by atoms with van der Waals surface area (Å²) in [6, 6.07) is 8.48. The Labute approximate surface area is 130 Å². The van der Waals surface area contributed by atoms with Gasteiger partial charge in [-0.05, 0) is 29.9 Å². The Balaban J connectivity index is 1.51. The van der Waals surface area contributed by atoms with E-state index in [4.69, 9.17) is 19.3 Å². The Morgan fingerprint density at radius 1 is 1.14 bits per heavy atom. The summed E-state index contributed by atoms with van der Waals surface area (Å²) in [7, 11) is 0. The molecular weight excluding hydrogens is 284 g/mol. The molecule has 0 aliphatic carbocycles. The van der Waals surface area contributed by atoms with Crippen LogP contribution < -0.4 is 0 Å². The van der Waals surface area contributed by atoms with Gasteiger partial charge in [0, 0.05) is 13.2 Å². The van der Waals surface area contributed by atoms with Crippen LogP contribution in [0.5, 0.6) is 0 Å². The van der Waals surface area contributed by atoms with Crippen molar-refractivity contribution in [2.45, 2.75) is 43.7 Å². The average Bonchev–Trinajstić information content (AvgIpc) is 2.94.